The van der Waals surface area contributed by atoms with Gasteiger partial charge in [-0.3, -0.25) is 9.10 Å². The molecule has 0 spiro atoms. The van der Waals surface area contributed by atoms with Gasteiger partial charge in [0.15, 0.2) is 0 Å². The van der Waals surface area contributed by atoms with Crippen molar-refractivity contribution in [2.24, 2.45) is 0 Å². The number of hydrogen-bond acceptors (Lipinski definition) is 3. The van der Waals surface area contributed by atoms with Crippen LogP contribution in [0.2, 0.25) is 0 Å². The first-order valence-electron chi connectivity index (χ1n) is 5.44. The number of benzene rings is 1. The molecule has 5 nitrogen and oxygen atoms in total. The molecule has 1 aromatic rings. The van der Waals surface area contributed by atoms with Crippen LogP contribution in [0.3, 0.4) is 0 Å². The van der Waals surface area contributed by atoms with E-state index in [4.69, 9.17) is 0 Å². The van der Waals surface area contributed by atoms with E-state index in [9.17, 15) is 13.2 Å². The van der Waals surface area contributed by atoms with Crippen molar-refractivity contribution in [1.29, 1.82) is 0 Å². The first kappa shape index (κ1) is 12.6. The summed E-state index contributed by atoms with van der Waals surface area (Å²) in [6, 6.07) is 6.58. The molecule has 1 heterocycles. The third-order valence-corrected chi connectivity index (χ3v) is 4.73. The Hall–Kier alpha value is -1.82. The molecule has 0 aliphatic carbocycles. The molecule has 2 rings (SSSR count). The maximum Gasteiger partial charge on any atom is 0.243 e. The summed E-state index contributed by atoms with van der Waals surface area (Å²) in [6.45, 7) is 3.36. The van der Waals surface area contributed by atoms with E-state index in [1.807, 2.05) is 12.1 Å². The summed E-state index contributed by atoms with van der Waals surface area (Å²) in [5.74, 6) is -0.519. The summed E-state index contributed by atoms with van der Waals surface area (Å²) in [7, 11) is -1.88. The lowest BCUT2D eigenvalue weighted by Gasteiger charge is -2.32. The minimum atomic E-state index is -3.39. The average Bonchev–Trinajstić information content (AvgIpc) is 2.35. The normalized spacial score (nSPS) is 20.9. The van der Waals surface area contributed by atoms with Gasteiger partial charge in [0.1, 0.15) is 0 Å². The first-order chi connectivity index (χ1) is 8.45. The fraction of sp³-hybridized carbons (Fsp3) is 0.250. The van der Waals surface area contributed by atoms with E-state index in [2.05, 4.69) is 11.9 Å². The largest absolute Gasteiger partial charge is 0.345 e. The van der Waals surface area contributed by atoms with Gasteiger partial charge in [-0.05, 0) is 17.7 Å². The molecule has 1 N–H and O–H groups in total. The molecule has 0 radical (unpaired) electrons. The van der Waals surface area contributed by atoms with E-state index >= 15 is 0 Å². The smallest absolute Gasteiger partial charge is 0.243 e. The topological polar surface area (TPSA) is 66.5 Å². The highest BCUT2D eigenvalue weighted by atomic mass is 32.2. The molecule has 0 saturated carbocycles. The zero-order valence-corrected chi connectivity index (χ0v) is 10.8. The number of nitrogens with one attached hydrogen (secondary N) is 1. The Morgan fingerprint density at radius 2 is 2.17 bits per heavy atom. The van der Waals surface area contributed by atoms with Gasteiger partial charge in [0, 0.05) is 7.05 Å². The highest BCUT2D eigenvalue weighted by Gasteiger charge is 2.33. The second-order valence-electron chi connectivity index (χ2n) is 4.07. The molecule has 1 aromatic carbocycles. The molecule has 1 aliphatic rings. The summed E-state index contributed by atoms with van der Waals surface area (Å²) in [5, 5.41) is 2.64. The van der Waals surface area contributed by atoms with Crippen molar-refractivity contribution >= 4 is 21.6 Å². The third-order valence-electron chi connectivity index (χ3n) is 2.95. The predicted molar refractivity (Wildman–Crippen MR) is 69.7 cm³/mol. The maximum absolute atomic E-state index is 12.0. The molecule has 1 unspecified atom stereocenters. The van der Waals surface area contributed by atoms with Gasteiger partial charge in [-0.15, -0.1) is 0 Å². The van der Waals surface area contributed by atoms with Gasteiger partial charge in [0.05, 0.1) is 17.5 Å². The summed E-state index contributed by atoms with van der Waals surface area (Å²) in [4.78, 5) is 11.3. The van der Waals surface area contributed by atoms with Crippen LogP contribution in [0.4, 0.5) is 5.69 Å². The zero-order valence-electron chi connectivity index (χ0n) is 9.96. The monoisotopic (exact) mass is 266 g/mol. The Kier molecular flexibility index (Phi) is 3.13. The molecule has 0 aromatic heterocycles. The highest BCUT2D eigenvalue weighted by molar-refractivity contribution is 7.92. The molecule has 0 saturated heterocycles. The Bertz CT molecular complexity index is 595. The van der Waals surface area contributed by atoms with Crippen LogP contribution in [-0.4, -0.2) is 27.1 Å². The Morgan fingerprint density at radius 1 is 1.50 bits per heavy atom. The molecular weight excluding hydrogens is 252 g/mol. The summed E-state index contributed by atoms with van der Waals surface area (Å²) >= 11 is 0. The van der Waals surface area contributed by atoms with Crippen LogP contribution in [0.15, 0.2) is 36.9 Å². The van der Waals surface area contributed by atoms with Crippen LogP contribution < -0.4 is 9.62 Å². The van der Waals surface area contributed by atoms with E-state index in [0.717, 1.165) is 11.6 Å². The molecule has 1 amide bonds. The van der Waals surface area contributed by atoms with Crippen molar-refractivity contribution in [2.45, 2.75) is 6.04 Å². The van der Waals surface area contributed by atoms with E-state index in [0.29, 0.717) is 5.69 Å². The van der Waals surface area contributed by atoms with Crippen molar-refractivity contribution in [2.75, 3.05) is 17.1 Å². The molecule has 0 fully saturated rings. The van der Waals surface area contributed by atoms with Gasteiger partial charge in [-0.1, -0.05) is 24.8 Å². The third kappa shape index (κ3) is 2.11. The predicted octanol–water partition coefficient (Wildman–Crippen LogP) is 0.809. The lowest BCUT2D eigenvalue weighted by atomic mass is 10.1. The van der Waals surface area contributed by atoms with Gasteiger partial charge < -0.3 is 5.32 Å². The van der Waals surface area contributed by atoms with Crippen LogP contribution in [-0.2, 0) is 14.8 Å². The van der Waals surface area contributed by atoms with Gasteiger partial charge in [0.25, 0.3) is 0 Å². The summed E-state index contributed by atoms with van der Waals surface area (Å²) in [6.07, 6.45) is 1.13. The molecule has 1 atom stereocenters. The number of para-hydroxylation sites is 1. The molecule has 1 aliphatic heterocycles. The summed E-state index contributed by atoms with van der Waals surface area (Å²) in [5.41, 5.74) is 1.39. The van der Waals surface area contributed by atoms with Gasteiger partial charge in [-0.25, -0.2) is 8.42 Å². The second kappa shape index (κ2) is 4.45. The van der Waals surface area contributed by atoms with Crippen molar-refractivity contribution in [1.82, 2.24) is 5.32 Å². The Balaban J connectivity index is 2.47. The average molecular weight is 266 g/mol. The number of fused-ring (bicyclic) bond motifs is 1. The second-order valence-corrected chi connectivity index (χ2v) is 6.12. The van der Waals surface area contributed by atoms with Crippen LogP contribution in [0.25, 0.3) is 0 Å². The molecular formula is C12H14N2O3S. The van der Waals surface area contributed by atoms with Crippen molar-refractivity contribution in [3.8, 4) is 0 Å². The number of carbonyl (C=O) groups is 1. The van der Waals surface area contributed by atoms with E-state index in [1.54, 1.807) is 12.1 Å². The molecule has 0 bridgehead atoms. The van der Waals surface area contributed by atoms with E-state index in [1.165, 1.54) is 11.4 Å². The number of nitrogens with zero attached hydrogens (tertiary/aromatic N) is 1. The zero-order chi connectivity index (χ0) is 13.3. The standard InChI is InChI=1S/C12H14N2O3S/c1-3-12(15)13-10-8-18(16,17)14(2)11-7-5-4-6-9(10)11/h3-7,10H,1,8H2,2H3,(H,13,15). The SMILES string of the molecule is C=CC(=O)NC1CS(=O)(=O)N(C)c2ccccc21. The minimum absolute atomic E-state index is 0.139. The highest BCUT2D eigenvalue weighted by Crippen LogP contribution is 2.33. The van der Waals surface area contributed by atoms with Crippen LogP contribution in [0, 0.1) is 0 Å². The van der Waals surface area contributed by atoms with Gasteiger partial charge >= 0.3 is 0 Å². The van der Waals surface area contributed by atoms with Crippen molar-refractivity contribution in [3.63, 3.8) is 0 Å². The molecule has 96 valence electrons. The number of hydrogen-bond donors (Lipinski definition) is 1. The number of rotatable bonds is 2. The van der Waals surface area contributed by atoms with Crippen molar-refractivity contribution in [3.05, 3.63) is 42.5 Å². The fourth-order valence-corrected chi connectivity index (χ4v) is 3.35. The number of sulfonamides is 1. The van der Waals surface area contributed by atoms with Crippen molar-refractivity contribution < 1.29 is 13.2 Å². The molecule has 6 heteroatoms. The fourth-order valence-electron chi connectivity index (χ4n) is 1.98. The molecule has 18 heavy (non-hydrogen) atoms. The van der Waals surface area contributed by atoms with Crippen LogP contribution >= 0.6 is 0 Å². The first-order valence-corrected chi connectivity index (χ1v) is 7.05. The number of anilines is 1. The maximum atomic E-state index is 12.0. The summed E-state index contributed by atoms with van der Waals surface area (Å²) < 4.78 is 25.2. The Labute approximate surface area is 106 Å². The van der Waals surface area contributed by atoms with Gasteiger partial charge in [-0.2, -0.15) is 0 Å². The van der Waals surface area contributed by atoms with E-state index < -0.39 is 16.1 Å². The lowest BCUT2D eigenvalue weighted by molar-refractivity contribution is -0.117. The van der Waals surface area contributed by atoms with E-state index in [-0.39, 0.29) is 11.7 Å². The lowest BCUT2D eigenvalue weighted by Crippen LogP contribution is -2.42. The minimum Gasteiger partial charge on any atom is -0.345 e. The number of carbonyl (C=O) groups excluding carboxylic acids is 1. The van der Waals surface area contributed by atoms with Crippen LogP contribution in [0.5, 0.6) is 0 Å². The quantitative estimate of drug-likeness (QED) is 0.806. The Morgan fingerprint density at radius 3 is 2.83 bits per heavy atom. The van der Waals surface area contributed by atoms with Crippen LogP contribution in [0.1, 0.15) is 11.6 Å². The number of amides is 1. The van der Waals surface area contributed by atoms with Gasteiger partial charge in [0.2, 0.25) is 15.9 Å².